The number of nitrogens with zero attached hydrogens (tertiary/aromatic N) is 3. The van der Waals surface area contributed by atoms with E-state index in [1.54, 1.807) is 0 Å². The van der Waals surface area contributed by atoms with Crippen LogP contribution in [0.15, 0.2) is 9.42 Å². The van der Waals surface area contributed by atoms with E-state index in [9.17, 15) is 4.79 Å². The minimum atomic E-state index is -0.302. The van der Waals surface area contributed by atoms with Crippen LogP contribution in [0.5, 0.6) is 0 Å². The summed E-state index contributed by atoms with van der Waals surface area (Å²) in [6.45, 7) is 0. The van der Waals surface area contributed by atoms with Crippen LogP contribution in [-0.2, 0) is 6.42 Å². The van der Waals surface area contributed by atoms with Gasteiger partial charge in [0, 0.05) is 12.8 Å². The molecule has 0 atom stereocenters. The highest BCUT2D eigenvalue weighted by Crippen LogP contribution is 2.00. The standard InChI is InChI=1S/C8H6N4O2/c1-2-3-4-5-8(13)10-7-6(9-5)11-14-12-7/h1H,3-4H2,(H,10,12,13). The third kappa shape index (κ3) is 1.35. The molecule has 0 fully saturated rings. The third-order valence-electron chi connectivity index (χ3n) is 1.71. The molecule has 0 unspecified atom stereocenters. The van der Waals surface area contributed by atoms with Gasteiger partial charge in [-0.15, -0.1) is 12.3 Å². The first-order valence-electron chi connectivity index (χ1n) is 3.96. The molecule has 0 aliphatic rings. The van der Waals surface area contributed by atoms with E-state index in [0.717, 1.165) is 0 Å². The maximum atomic E-state index is 11.3. The van der Waals surface area contributed by atoms with E-state index in [2.05, 4.69) is 30.8 Å². The number of hydrogen-bond acceptors (Lipinski definition) is 5. The lowest BCUT2D eigenvalue weighted by Crippen LogP contribution is -2.14. The molecule has 2 aromatic heterocycles. The summed E-state index contributed by atoms with van der Waals surface area (Å²) in [5.41, 5.74) is 0.589. The number of H-pyrrole nitrogens is 1. The van der Waals surface area contributed by atoms with Crippen molar-refractivity contribution in [3.05, 3.63) is 16.0 Å². The van der Waals surface area contributed by atoms with Crippen molar-refractivity contribution in [3.63, 3.8) is 0 Å². The van der Waals surface area contributed by atoms with Gasteiger partial charge in [0.25, 0.3) is 5.56 Å². The van der Waals surface area contributed by atoms with Crippen molar-refractivity contribution in [2.75, 3.05) is 0 Å². The first kappa shape index (κ1) is 8.44. The van der Waals surface area contributed by atoms with Crippen LogP contribution < -0.4 is 5.56 Å². The Morgan fingerprint density at radius 2 is 2.36 bits per heavy atom. The summed E-state index contributed by atoms with van der Waals surface area (Å²) in [7, 11) is 0. The molecule has 0 radical (unpaired) electrons. The summed E-state index contributed by atoms with van der Waals surface area (Å²) in [5.74, 6) is 2.43. The van der Waals surface area contributed by atoms with Gasteiger partial charge in [0.05, 0.1) is 0 Å². The second-order valence-electron chi connectivity index (χ2n) is 2.65. The van der Waals surface area contributed by atoms with Crippen molar-refractivity contribution < 1.29 is 4.63 Å². The van der Waals surface area contributed by atoms with Gasteiger partial charge in [-0.2, -0.15) is 0 Å². The van der Waals surface area contributed by atoms with Gasteiger partial charge >= 0.3 is 0 Å². The normalized spacial score (nSPS) is 10.2. The molecular weight excluding hydrogens is 184 g/mol. The van der Waals surface area contributed by atoms with E-state index >= 15 is 0 Å². The molecule has 1 N–H and O–H groups in total. The monoisotopic (exact) mass is 190 g/mol. The Bertz CT molecular complexity index is 548. The average Bonchev–Trinajstić information content (AvgIpc) is 2.61. The molecule has 2 rings (SSSR count). The summed E-state index contributed by atoms with van der Waals surface area (Å²) in [5, 5.41) is 6.97. The van der Waals surface area contributed by atoms with Gasteiger partial charge in [0.15, 0.2) is 0 Å². The van der Waals surface area contributed by atoms with Crippen molar-refractivity contribution >= 4 is 11.3 Å². The van der Waals surface area contributed by atoms with Gasteiger partial charge in [0.2, 0.25) is 11.3 Å². The average molecular weight is 190 g/mol. The maximum Gasteiger partial charge on any atom is 0.271 e. The zero-order valence-electron chi connectivity index (χ0n) is 7.15. The predicted octanol–water partition coefficient (Wildman–Crippen LogP) is -0.128. The molecule has 2 aromatic rings. The van der Waals surface area contributed by atoms with Gasteiger partial charge in [-0.3, -0.25) is 9.78 Å². The van der Waals surface area contributed by atoms with Crippen LogP contribution in [0, 0.1) is 12.3 Å². The molecule has 0 spiro atoms. The fourth-order valence-electron chi connectivity index (χ4n) is 1.05. The zero-order chi connectivity index (χ0) is 9.97. The van der Waals surface area contributed by atoms with Gasteiger partial charge in [-0.1, -0.05) is 0 Å². The number of aromatic nitrogens is 4. The maximum absolute atomic E-state index is 11.3. The first-order chi connectivity index (χ1) is 6.81. The molecule has 0 aliphatic heterocycles. The Labute approximate surface area is 78.3 Å². The van der Waals surface area contributed by atoms with Crippen LogP contribution in [0.1, 0.15) is 12.1 Å². The highest BCUT2D eigenvalue weighted by Gasteiger charge is 2.07. The van der Waals surface area contributed by atoms with Crippen molar-refractivity contribution in [2.24, 2.45) is 0 Å². The fraction of sp³-hybridized carbons (Fsp3) is 0.250. The second kappa shape index (κ2) is 3.30. The summed E-state index contributed by atoms with van der Waals surface area (Å²) in [6, 6.07) is 0. The highest BCUT2D eigenvalue weighted by atomic mass is 16.6. The number of aryl methyl sites for hydroxylation is 1. The number of rotatable bonds is 2. The molecule has 0 bridgehead atoms. The van der Waals surface area contributed by atoms with Crippen LogP contribution in [0.4, 0.5) is 0 Å². The summed E-state index contributed by atoms with van der Waals surface area (Å²) >= 11 is 0. The predicted molar refractivity (Wildman–Crippen MR) is 47.4 cm³/mol. The topological polar surface area (TPSA) is 84.7 Å². The molecule has 0 amide bonds. The van der Waals surface area contributed by atoms with Crippen LogP contribution in [0.2, 0.25) is 0 Å². The summed E-state index contributed by atoms with van der Waals surface area (Å²) in [4.78, 5) is 17.8. The van der Waals surface area contributed by atoms with E-state index < -0.39 is 0 Å². The van der Waals surface area contributed by atoms with E-state index in [4.69, 9.17) is 6.42 Å². The quantitative estimate of drug-likeness (QED) is 0.667. The molecule has 0 saturated carbocycles. The summed E-state index contributed by atoms with van der Waals surface area (Å²) < 4.78 is 4.41. The molecule has 70 valence electrons. The third-order valence-corrected chi connectivity index (χ3v) is 1.71. The minimum absolute atomic E-state index is 0.249. The molecule has 14 heavy (non-hydrogen) atoms. The van der Waals surface area contributed by atoms with E-state index in [-0.39, 0.29) is 16.9 Å². The number of fused-ring (bicyclic) bond motifs is 1. The van der Waals surface area contributed by atoms with Crippen LogP contribution in [0.3, 0.4) is 0 Å². The number of terminal acetylenes is 1. The Balaban J connectivity index is 2.49. The Morgan fingerprint density at radius 3 is 3.14 bits per heavy atom. The second-order valence-corrected chi connectivity index (χ2v) is 2.65. The molecule has 6 nitrogen and oxygen atoms in total. The van der Waals surface area contributed by atoms with Crippen molar-refractivity contribution in [2.45, 2.75) is 12.8 Å². The van der Waals surface area contributed by atoms with Crippen LogP contribution in [-0.4, -0.2) is 20.3 Å². The van der Waals surface area contributed by atoms with Gasteiger partial charge in [-0.05, 0) is 10.3 Å². The Morgan fingerprint density at radius 1 is 1.50 bits per heavy atom. The fourth-order valence-corrected chi connectivity index (χ4v) is 1.05. The van der Waals surface area contributed by atoms with Crippen molar-refractivity contribution in [3.8, 4) is 12.3 Å². The molecule has 2 heterocycles. The SMILES string of the molecule is C#CCCc1nc2nonc2[nH]c1=O. The molecule has 0 saturated heterocycles. The van der Waals surface area contributed by atoms with Gasteiger partial charge in [0.1, 0.15) is 5.69 Å². The molecule has 6 heteroatoms. The van der Waals surface area contributed by atoms with Crippen LogP contribution >= 0.6 is 0 Å². The Kier molecular flexibility index (Phi) is 1.99. The first-order valence-corrected chi connectivity index (χ1v) is 3.96. The lowest BCUT2D eigenvalue weighted by atomic mass is 10.2. The molecule has 0 aliphatic carbocycles. The van der Waals surface area contributed by atoms with Gasteiger partial charge < -0.3 is 0 Å². The smallest absolute Gasteiger partial charge is 0.271 e. The Hall–Kier alpha value is -2.16. The van der Waals surface area contributed by atoms with E-state index in [1.807, 2.05) is 0 Å². The van der Waals surface area contributed by atoms with Crippen molar-refractivity contribution in [1.82, 2.24) is 20.3 Å². The number of nitrogens with one attached hydrogen (secondary N) is 1. The zero-order valence-corrected chi connectivity index (χ0v) is 7.15. The highest BCUT2D eigenvalue weighted by molar-refractivity contribution is 5.61. The van der Waals surface area contributed by atoms with E-state index in [1.165, 1.54) is 0 Å². The van der Waals surface area contributed by atoms with Gasteiger partial charge in [-0.25, -0.2) is 9.61 Å². The lowest BCUT2D eigenvalue weighted by Gasteiger charge is -1.93. The minimum Gasteiger partial charge on any atom is -0.299 e. The largest absolute Gasteiger partial charge is 0.299 e. The lowest BCUT2D eigenvalue weighted by molar-refractivity contribution is 0.314. The number of hydrogen-bond donors (Lipinski definition) is 1. The number of aromatic amines is 1. The molecular formula is C8H6N4O2. The molecule has 0 aromatic carbocycles. The summed E-state index contributed by atoms with van der Waals surface area (Å²) in [6.07, 6.45) is 5.97. The van der Waals surface area contributed by atoms with E-state index in [0.29, 0.717) is 18.5 Å². The van der Waals surface area contributed by atoms with Crippen molar-refractivity contribution in [1.29, 1.82) is 0 Å². The van der Waals surface area contributed by atoms with Crippen LogP contribution in [0.25, 0.3) is 11.3 Å².